The number of aliphatic hydroxyl groups excluding tert-OH is 1. The van der Waals surface area contributed by atoms with Gasteiger partial charge in [0.25, 0.3) is 0 Å². The minimum Gasteiger partial charge on any atom is -0.457 e. The Bertz CT molecular complexity index is 1180. The van der Waals surface area contributed by atoms with Crippen LogP contribution in [-0.4, -0.2) is 32.9 Å². The van der Waals surface area contributed by atoms with Gasteiger partial charge in [-0.05, 0) is 30.2 Å². The van der Waals surface area contributed by atoms with E-state index in [2.05, 4.69) is 20.7 Å². The maximum Gasteiger partial charge on any atom is 0.146 e. The Balaban J connectivity index is 1.51. The van der Waals surface area contributed by atoms with E-state index in [1.165, 1.54) is 6.33 Å². The second-order valence-electron chi connectivity index (χ2n) is 7.32. The Hall–Kier alpha value is -3.42. The topological polar surface area (TPSA) is 95.4 Å². The number of benzene rings is 2. The second kappa shape index (κ2) is 7.78. The third-order valence-electron chi connectivity index (χ3n) is 5.47. The molecule has 5 rings (SSSR count). The lowest BCUT2D eigenvalue weighted by Gasteiger charge is -2.10. The molecule has 0 aliphatic carbocycles. The molecule has 30 heavy (non-hydrogen) atoms. The lowest BCUT2D eigenvalue weighted by atomic mass is 10.1. The van der Waals surface area contributed by atoms with E-state index in [1.54, 1.807) is 0 Å². The lowest BCUT2D eigenvalue weighted by Crippen LogP contribution is -2.08. The highest BCUT2D eigenvalue weighted by Crippen LogP contribution is 2.37. The number of hydrogen-bond donors (Lipinski definition) is 2. The molecular weight excluding hydrogens is 380 g/mol. The van der Waals surface area contributed by atoms with Gasteiger partial charge in [-0.15, -0.1) is 0 Å². The molecule has 1 unspecified atom stereocenters. The van der Waals surface area contributed by atoms with Crippen LogP contribution in [0.25, 0.3) is 22.2 Å². The fraction of sp³-hybridized carbons (Fsp3) is 0.217. The van der Waals surface area contributed by atoms with Gasteiger partial charge in [0, 0.05) is 23.9 Å². The predicted octanol–water partition coefficient (Wildman–Crippen LogP) is 3.93. The quantitative estimate of drug-likeness (QED) is 0.525. The van der Waals surface area contributed by atoms with Crippen LogP contribution in [0.4, 0.5) is 5.82 Å². The van der Waals surface area contributed by atoms with Gasteiger partial charge < -0.3 is 24.9 Å². The number of nitrogens with zero attached hydrogens (tertiary/aromatic N) is 3. The maximum absolute atomic E-state index is 9.49. The number of hydrogen-bond acceptors (Lipinski definition) is 6. The minimum atomic E-state index is -0.0715. The summed E-state index contributed by atoms with van der Waals surface area (Å²) in [7, 11) is 0. The van der Waals surface area contributed by atoms with E-state index in [9.17, 15) is 5.11 Å². The SMILES string of the molecule is Nc1ncnc2c1c(-c1ccc(Oc3ccccc3CO)cc1)cn2C1CCOC1. The van der Waals surface area contributed by atoms with Crippen LogP contribution >= 0.6 is 0 Å². The van der Waals surface area contributed by atoms with Crippen LogP contribution in [0.1, 0.15) is 18.0 Å². The van der Waals surface area contributed by atoms with Crippen molar-refractivity contribution in [3.63, 3.8) is 0 Å². The number of nitrogens with two attached hydrogens (primary N) is 1. The highest BCUT2D eigenvalue weighted by molar-refractivity contribution is 6.00. The Morgan fingerprint density at radius 2 is 1.97 bits per heavy atom. The molecule has 0 bridgehead atoms. The molecule has 2 aromatic heterocycles. The zero-order chi connectivity index (χ0) is 20.5. The Morgan fingerprint density at radius 1 is 1.13 bits per heavy atom. The molecule has 0 amide bonds. The smallest absolute Gasteiger partial charge is 0.146 e. The van der Waals surface area contributed by atoms with Crippen molar-refractivity contribution < 1.29 is 14.6 Å². The Kier molecular flexibility index (Phi) is 4.82. The molecule has 1 fully saturated rings. The molecule has 4 aromatic rings. The first kappa shape index (κ1) is 18.6. The van der Waals surface area contributed by atoms with Crippen molar-refractivity contribution in [2.24, 2.45) is 0 Å². The van der Waals surface area contributed by atoms with E-state index in [4.69, 9.17) is 15.2 Å². The first-order chi connectivity index (χ1) is 14.7. The van der Waals surface area contributed by atoms with Gasteiger partial charge in [0.15, 0.2) is 0 Å². The summed E-state index contributed by atoms with van der Waals surface area (Å²) in [6.07, 6.45) is 4.54. The highest BCUT2D eigenvalue weighted by atomic mass is 16.5. The van der Waals surface area contributed by atoms with Crippen molar-refractivity contribution in [3.8, 4) is 22.6 Å². The third-order valence-corrected chi connectivity index (χ3v) is 5.47. The average Bonchev–Trinajstić information content (AvgIpc) is 3.43. The minimum absolute atomic E-state index is 0.0715. The first-order valence-electron chi connectivity index (χ1n) is 9.90. The molecule has 2 aromatic carbocycles. The Labute approximate surface area is 173 Å². The lowest BCUT2D eigenvalue weighted by molar-refractivity contribution is 0.187. The van der Waals surface area contributed by atoms with Crippen LogP contribution in [0.5, 0.6) is 11.5 Å². The number of anilines is 1. The fourth-order valence-corrected chi connectivity index (χ4v) is 3.91. The van der Waals surface area contributed by atoms with Gasteiger partial charge in [-0.3, -0.25) is 0 Å². The van der Waals surface area contributed by atoms with E-state index in [0.717, 1.165) is 40.8 Å². The average molecular weight is 402 g/mol. The molecule has 1 saturated heterocycles. The zero-order valence-corrected chi connectivity index (χ0v) is 16.4. The van der Waals surface area contributed by atoms with Crippen molar-refractivity contribution in [3.05, 3.63) is 66.6 Å². The van der Waals surface area contributed by atoms with Crippen molar-refractivity contribution in [2.75, 3.05) is 18.9 Å². The molecule has 7 nitrogen and oxygen atoms in total. The van der Waals surface area contributed by atoms with Crippen LogP contribution < -0.4 is 10.5 Å². The Morgan fingerprint density at radius 3 is 2.73 bits per heavy atom. The van der Waals surface area contributed by atoms with Crippen molar-refractivity contribution in [2.45, 2.75) is 19.1 Å². The largest absolute Gasteiger partial charge is 0.457 e. The van der Waals surface area contributed by atoms with Crippen LogP contribution in [-0.2, 0) is 11.3 Å². The number of aliphatic hydroxyl groups is 1. The molecule has 1 aliphatic rings. The van der Waals surface area contributed by atoms with Crippen LogP contribution in [0, 0.1) is 0 Å². The highest BCUT2D eigenvalue weighted by Gasteiger charge is 2.23. The summed E-state index contributed by atoms with van der Waals surface area (Å²) in [5, 5.41) is 10.3. The molecule has 7 heteroatoms. The molecule has 0 radical (unpaired) electrons. The summed E-state index contributed by atoms with van der Waals surface area (Å²) >= 11 is 0. The van der Waals surface area contributed by atoms with Crippen LogP contribution in [0.15, 0.2) is 61.1 Å². The molecule has 0 saturated carbocycles. The van der Waals surface area contributed by atoms with Crippen molar-refractivity contribution >= 4 is 16.9 Å². The molecule has 3 N–H and O–H groups in total. The van der Waals surface area contributed by atoms with E-state index in [0.29, 0.717) is 23.9 Å². The van der Waals surface area contributed by atoms with E-state index in [-0.39, 0.29) is 12.6 Å². The maximum atomic E-state index is 9.49. The number of aromatic nitrogens is 3. The normalized spacial score (nSPS) is 16.2. The molecule has 0 spiro atoms. The van der Waals surface area contributed by atoms with Gasteiger partial charge in [0.1, 0.15) is 29.3 Å². The van der Waals surface area contributed by atoms with E-state index < -0.39 is 0 Å². The molecule has 1 atom stereocenters. The number of rotatable bonds is 5. The first-order valence-corrected chi connectivity index (χ1v) is 9.90. The van der Waals surface area contributed by atoms with Gasteiger partial charge in [0.2, 0.25) is 0 Å². The summed E-state index contributed by atoms with van der Waals surface area (Å²) in [5.41, 5.74) is 9.78. The number of para-hydroxylation sites is 1. The van der Waals surface area contributed by atoms with Crippen molar-refractivity contribution in [1.29, 1.82) is 0 Å². The van der Waals surface area contributed by atoms with Gasteiger partial charge in [-0.1, -0.05) is 30.3 Å². The van der Waals surface area contributed by atoms with Crippen LogP contribution in [0.2, 0.25) is 0 Å². The molecule has 152 valence electrons. The number of fused-ring (bicyclic) bond motifs is 1. The molecular formula is C23H22N4O3. The summed E-state index contributed by atoms with van der Waals surface area (Å²) in [5.74, 6) is 1.80. The van der Waals surface area contributed by atoms with Gasteiger partial charge in [-0.2, -0.15) is 0 Å². The summed E-state index contributed by atoms with van der Waals surface area (Å²) in [6, 6.07) is 15.5. The molecule has 1 aliphatic heterocycles. The molecule has 3 heterocycles. The zero-order valence-electron chi connectivity index (χ0n) is 16.4. The summed E-state index contributed by atoms with van der Waals surface area (Å²) < 4.78 is 13.7. The predicted molar refractivity (Wildman–Crippen MR) is 114 cm³/mol. The third kappa shape index (κ3) is 3.28. The van der Waals surface area contributed by atoms with E-state index >= 15 is 0 Å². The summed E-state index contributed by atoms with van der Waals surface area (Å²) in [6.45, 7) is 1.35. The standard InChI is InChI=1S/C23H22N4O3/c24-22-21-19(11-27(17-9-10-29-13-17)23(21)26-14-25-22)15-5-7-18(8-6-15)30-20-4-2-1-3-16(20)12-28/h1-8,11,14,17,28H,9-10,12-13H2,(H2,24,25,26). The van der Waals surface area contributed by atoms with Crippen molar-refractivity contribution in [1.82, 2.24) is 14.5 Å². The van der Waals surface area contributed by atoms with Gasteiger partial charge in [-0.25, -0.2) is 9.97 Å². The van der Waals surface area contributed by atoms with Gasteiger partial charge >= 0.3 is 0 Å². The van der Waals surface area contributed by atoms with E-state index in [1.807, 2.05) is 48.5 Å². The second-order valence-corrected chi connectivity index (χ2v) is 7.32. The number of nitrogen functional groups attached to an aromatic ring is 1. The number of ether oxygens (including phenoxy) is 2. The monoisotopic (exact) mass is 402 g/mol. The fourth-order valence-electron chi connectivity index (χ4n) is 3.91. The van der Waals surface area contributed by atoms with Crippen LogP contribution in [0.3, 0.4) is 0 Å². The summed E-state index contributed by atoms with van der Waals surface area (Å²) in [4.78, 5) is 8.69. The van der Waals surface area contributed by atoms with Gasteiger partial charge in [0.05, 0.1) is 24.6 Å².